The van der Waals surface area contributed by atoms with Crippen LogP contribution in [0.5, 0.6) is 0 Å². The Morgan fingerprint density at radius 1 is 0.944 bits per heavy atom. The van der Waals surface area contributed by atoms with E-state index in [1.165, 1.54) is 6.42 Å². The minimum atomic E-state index is -1.30. The van der Waals surface area contributed by atoms with Crippen LogP contribution in [0.2, 0.25) is 0 Å². The Bertz CT molecular complexity index is 305. The summed E-state index contributed by atoms with van der Waals surface area (Å²) in [6, 6.07) is 0. The first kappa shape index (κ1) is 15.5. The number of carbonyl (C=O) groups is 2. The standard InChI is InChI=1S/C13H21BrO4/c14-13(12(17)18)9-7-5-3-1-2-4-6-8-10(13)11(15)16/h10H,1-9H2,(H,15,16)(H,17,18). The lowest BCUT2D eigenvalue weighted by molar-refractivity contribution is -0.151. The van der Waals surface area contributed by atoms with E-state index in [1.54, 1.807) is 0 Å². The Kier molecular flexibility index (Phi) is 6.12. The molecule has 0 aromatic rings. The molecule has 1 aliphatic rings. The minimum Gasteiger partial charge on any atom is -0.481 e. The van der Waals surface area contributed by atoms with Gasteiger partial charge >= 0.3 is 11.9 Å². The summed E-state index contributed by atoms with van der Waals surface area (Å²) in [6.45, 7) is 0. The van der Waals surface area contributed by atoms with Crippen molar-refractivity contribution in [2.45, 2.75) is 62.1 Å². The Balaban J connectivity index is 2.87. The van der Waals surface area contributed by atoms with Gasteiger partial charge in [0.15, 0.2) is 0 Å². The first-order valence-corrected chi connectivity index (χ1v) is 7.43. The summed E-state index contributed by atoms with van der Waals surface area (Å²) in [6.07, 6.45) is 7.75. The van der Waals surface area contributed by atoms with Crippen LogP contribution >= 0.6 is 15.9 Å². The molecule has 0 heterocycles. The lowest BCUT2D eigenvalue weighted by Crippen LogP contribution is -2.44. The smallest absolute Gasteiger partial charge is 0.321 e. The summed E-state index contributed by atoms with van der Waals surface area (Å²) in [5.74, 6) is -2.89. The van der Waals surface area contributed by atoms with Crippen molar-refractivity contribution < 1.29 is 19.8 Å². The molecule has 0 amide bonds. The lowest BCUT2D eigenvalue weighted by Gasteiger charge is -2.29. The van der Waals surface area contributed by atoms with Crippen molar-refractivity contribution in [3.8, 4) is 0 Å². The van der Waals surface area contributed by atoms with E-state index in [9.17, 15) is 19.8 Å². The van der Waals surface area contributed by atoms with Gasteiger partial charge in [-0.05, 0) is 12.8 Å². The van der Waals surface area contributed by atoms with E-state index >= 15 is 0 Å². The van der Waals surface area contributed by atoms with Crippen LogP contribution in [-0.2, 0) is 9.59 Å². The summed E-state index contributed by atoms with van der Waals surface area (Å²) >= 11 is 3.22. The number of hydrogen-bond acceptors (Lipinski definition) is 2. The van der Waals surface area contributed by atoms with Crippen molar-refractivity contribution in [3.05, 3.63) is 0 Å². The SMILES string of the molecule is O=C(O)C1CCCCCCCCCC1(Br)C(=O)O. The first-order valence-electron chi connectivity index (χ1n) is 6.63. The van der Waals surface area contributed by atoms with E-state index < -0.39 is 22.2 Å². The molecule has 0 spiro atoms. The maximum Gasteiger partial charge on any atom is 0.321 e. The predicted octanol–water partition coefficient (Wildman–Crippen LogP) is 3.43. The average molecular weight is 321 g/mol. The molecule has 2 N–H and O–H groups in total. The van der Waals surface area contributed by atoms with Gasteiger partial charge in [0.25, 0.3) is 0 Å². The van der Waals surface area contributed by atoms with Gasteiger partial charge in [-0.25, -0.2) is 0 Å². The largest absolute Gasteiger partial charge is 0.481 e. The number of hydrogen-bond donors (Lipinski definition) is 2. The van der Waals surface area contributed by atoms with Crippen molar-refractivity contribution in [1.29, 1.82) is 0 Å². The monoisotopic (exact) mass is 320 g/mol. The van der Waals surface area contributed by atoms with E-state index in [1.807, 2.05) is 0 Å². The summed E-state index contributed by atoms with van der Waals surface area (Å²) in [7, 11) is 0. The van der Waals surface area contributed by atoms with Gasteiger partial charge < -0.3 is 10.2 Å². The molecular weight excluding hydrogens is 300 g/mol. The third-order valence-corrected chi connectivity index (χ3v) is 5.03. The molecule has 5 heteroatoms. The van der Waals surface area contributed by atoms with Crippen LogP contribution in [0.15, 0.2) is 0 Å². The number of rotatable bonds is 2. The molecule has 1 saturated carbocycles. The van der Waals surface area contributed by atoms with Crippen molar-refractivity contribution in [3.63, 3.8) is 0 Å². The van der Waals surface area contributed by atoms with Crippen LogP contribution < -0.4 is 0 Å². The van der Waals surface area contributed by atoms with E-state index in [2.05, 4.69) is 15.9 Å². The van der Waals surface area contributed by atoms with Gasteiger partial charge in [-0.15, -0.1) is 0 Å². The quantitative estimate of drug-likeness (QED) is 0.764. The number of aliphatic carboxylic acids is 2. The Morgan fingerprint density at radius 3 is 1.94 bits per heavy atom. The third kappa shape index (κ3) is 3.97. The second kappa shape index (κ2) is 7.12. The molecule has 0 bridgehead atoms. The average Bonchev–Trinajstić information content (AvgIpc) is 2.33. The highest BCUT2D eigenvalue weighted by Crippen LogP contribution is 2.38. The van der Waals surface area contributed by atoms with Crippen molar-refractivity contribution in [2.75, 3.05) is 0 Å². The summed E-state index contributed by atoms with van der Waals surface area (Å²) in [4.78, 5) is 22.8. The van der Waals surface area contributed by atoms with Crippen LogP contribution in [-0.4, -0.2) is 26.5 Å². The summed E-state index contributed by atoms with van der Waals surface area (Å²) in [5.41, 5.74) is 0. The highest BCUT2D eigenvalue weighted by Gasteiger charge is 2.46. The van der Waals surface area contributed by atoms with Gasteiger partial charge in [0.1, 0.15) is 4.32 Å². The molecule has 0 aliphatic heterocycles. The Labute approximate surface area is 116 Å². The molecule has 1 rings (SSSR count). The second-order valence-electron chi connectivity index (χ2n) is 5.07. The van der Waals surface area contributed by atoms with Crippen molar-refractivity contribution in [1.82, 2.24) is 0 Å². The van der Waals surface area contributed by atoms with Gasteiger partial charge in [-0.3, -0.25) is 9.59 Å². The van der Waals surface area contributed by atoms with Crippen molar-refractivity contribution >= 4 is 27.9 Å². The predicted molar refractivity (Wildman–Crippen MR) is 72.0 cm³/mol. The van der Waals surface area contributed by atoms with E-state index in [4.69, 9.17) is 0 Å². The molecular formula is C13H21BrO4. The molecule has 0 saturated heterocycles. The van der Waals surface area contributed by atoms with Crippen molar-refractivity contribution in [2.24, 2.45) is 5.92 Å². The number of carboxylic acids is 2. The maximum atomic E-state index is 11.4. The Hall–Kier alpha value is -0.580. The zero-order valence-corrected chi connectivity index (χ0v) is 12.1. The molecule has 2 atom stereocenters. The zero-order valence-electron chi connectivity index (χ0n) is 10.5. The molecule has 0 radical (unpaired) electrons. The number of halogens is 1. The molecule has 18 heavy (non-hydrogen) atoms. The van der Waals surface area contributed by atoms with Gasteiger partial charge in [0.2, 0.25) is 0 Å². The maximum absolute atomic E-state index is 11.4. The van der Waals surface area contributed by atoms with Crippen LogP contribution in [0, 0.1) is 5.92 Å². The fourth-order valence-corrected chi connectivity index (χ4v) is 3.30. The fourth-order valence-electron chi connectivity index (χ4n) is 2.59. The molecule has 0 aromatic carbocycles. The topological polar surface area (TPSA) is 74.6 Å². The fraction of sp³-hybridized carbons (Fsp3) is 0.846. The van der Waals surface area contributed by atoms with Crippen LogP contribution in [0.4, 0.5) is 0 Å². The number of carboxylic acid groups (broad SMARTS) is 2. The van der Waals surface area contributed by atoms with E-state index in [0.29, 0.717) is 12.8 Å². The third-order valence-electron chi connectivity index (χ3n) is 3.74. The molecule has 0 aromatic heterocycles. The second-order valence-corrected chi connectivity index (χ2v) is 6.49. The molecule has 1 aliphatic carbocycles. The highest BCUT2D eigenvalue weighted by atomic mass is 79.9. The zero-order chi connectivity index (χ0) is 13.6. The van der Waals surface area contributed by atoms with Gasteiger partial charge in [0.05, 0.1) is 5.92 Å². The number of alkyl halides is 1. The van der Waals surface area contributed by atoms with Gasteiger partial charge in [-0.1, -0.05) is 60.9 Å². The molecule has 4 nitrogen and oxygen atoms in total. The molecule has 2 unspecified atom stereocenters. The van der Waals surface area contributed by atoms with Crippen LogP contribution in [0.3, 0.4) is 0 Å². The highest BCUT2D eigenvalue weighted by molar-refractivity contribution is 9.10. The van der Waals surface area contributed by atoms with Gasteiger partial charge in [0, 0.05) is 0 Å². The summed E-state index contributed by atoms with van der Waals surface area (Å²) in [5, 5.41) is 18.6. The first-order chi connectivity index (χ1) is 8.48. The lowest BCUT2D eigenvalue weighted by atomic mass is 9.84. The van der Waals surface area contributed by atoms with Gasteiger partial charge in [-0.2, -0.15) is 0 Å². The minimum absolute atomic E-state index is 0.388. The normalized spacial score (nSPS) is 31.3. The van der Waals surface area contributed by atoms with Crippen LogP contribution in [0.1, 0.15) is 57.8 Å². The Morgan fingerprint density at radius 2 is 1.44 bits per heavy atom. The summed E-state index contributed by atoms with van der Waals surface area (Å²) < 4.78 is -1.30. The van der Waals surface area contributed by atoms with E-state index in [0.717, 1.165) is 38.5 Å². The molecule has 1 fully saturated rings. The van der Waals surface area contributed by atoms with Crippen LogP contribution in [0.25, 0.3) is 0 Å². The molecule has 104 valence electrons. The van der Waals surface area contributed by atoms with E-state index in [-0.39, 0.29) is 0 Å².